The third-order valence-corrected chi connectivity index (χ3v) is 3.38. The lowest BCUT2D eigenvalue weighted by Gasteiger charge is -2.50. The highest BCUT2D eigenvalue weighted by Gasteiger charge is 2.50. The Bertz CT molecular complexity index is 243. The van der Waals surface area contributed by atoms with Gasteiger partial charge in [-0.05, 0) is 24.7 Å². The van der Waals surface area contributed by atoms with Crippen molar-refractivity contribution in [1.82, 2.24) is 0 Å². The van der Waals surface area contributed by atoms with Crippen LogP contribution >= 0.6 is 0 Å². The predicted molar refractivity (Wildman–Crippen MR) is 48.3 cm³/mol. The number of hydrogen-bond donors (Lipinski definition) is 1. The van der Waals surface area contributed by atoms with E-state index < -0.39 is 5.97 Å². The molecule has 0 aromatic heterocycles. The summed E-state index contributed by atoms with van der Waals surface area (Å²) in [7, 11) is 0. The van der Waals surface area contributed by atoms with E-state index in [0.717, 1.165) is 6.42 Å². The molecular weight excluding hydrogens is 168 g/mol. The number of ketones is 1. The summed E-state index contributed by atoms with van der Waals surface area (Å²) < 4.78 is 0. The van der Waals surface area contributed by atoms with E-state index in [9.17, 15) is 9.59 Å². The molecule has 0 aromatic carbocycles. The Labute approximate surface area is 78.1 Å². The maximum Gasteiger partial charge on any atom is 0.303 e. The van der Waals surface area contributed by atoms with Crippen molar-refractivity contribution in [3.8, 4) is 0 Å². The molecule has 0 aliphatic heterocycles. The highest BCUT2D eigenvalue weighted by atomic mass is 16.4. The Hall–Kier alpha value is -0.860. The van der Waals surface area contributed by atoms with E-state index in [-0.39, 0.29) is 29.5 Å². The number of carboxylic acids is 1. The molecule has 0 heterocycles. The Kier molecular flexibility index (Phi) is 2.46. The highest BCUT2D eigenvalue weighted by molar-refractivity contribution is 5.80. The number of carbonyl (C=O) groups is 2. The number of hydrogen-bond acceptors (Lipinski definition) is 2. The zero-order valence-electron chi connectivity index (χ0n) is 8.33. The van der Waals surface area contributed by atoms with Gasteiger partial charge in [0, 0.05) is 12.3 Å². The van der Waals surface area contributed by atoms with Crippen LogP contribution in [0.3, 0.4) is 0 Å². The first kappa shape index (κ1) is 10.2. The molecule has 13 heavy (non-hydrogen) atoms. The van der Waals surface area contributed by atoms with Gasteiger partial charge in [0.15, 0.2) is 0 Å². The number of Topliss-reactive ketones (excluding diaryl/α,β-unsaturated/α-hetero) is 1. The maximum atomic E-state index is 11.1. The molecule has 1 N–H and O–H groups in total. The summed E-state index contributed by atoms with van der Waals surface area (Å²) in [5.41, 5.74) is -0.121. The van der Waals surface area contributed by atoms with Gasteiger partial charge in [0.25, 0.3) is 0 Å². The SMILES string of the molecule is CC(=O)[C@@H]1C[C@@H](CC(=O)O)C1(C)C. The lowest BCUT2D eigenvalue weighted by Crippen LogP contribution is -2.48. The minimum Gasteiger partial charge on any atom is -0.481 e. The van der Waals surface area contributed by atoms with Crippen molar-refractivity contribution in [2.45, 2.75) is 33.6 Å². The van der Waals surface area contributed by atoms with Crippen LogP contribution in [0.1, 0.15) is 33.6 Å². The van der Waals surface area contributed by atoms with E-state index in [4.69, 9.17) is 5.11 Å². The lowest BCUT2D eigenvalue weighted by atomic mass is 9.53. The van der Waals surface area contributed by atoms with E-state index in [2.05, 4.69) is 0 Å². The molecule has 0 bridgehead atoms. The summed E-state index contributed by atoms with van der Waals surface area (Å²) in [6, 6.07) is 0. The molecule has 1 fully saturated rings. The van der Waals surface area contributed by atoms with E-state index >= 15 is 0 Å². The Morgan fingerprint density at radius 2 is 2.00 bits per heavy atom. The maximum absolute atomic E-state index is 11.1. The van der Waals surface area contributed by atoms with Crippen LogP contribution in [0.2, 0.25) is 0 Å². The molecule has 0 amide bonds. The van der Waals surface area contributed by atoms with Crippen LogP contribution in [0.25, 0.3) is 0 Å². The number of rotatable bonds is 3. The van der Waals surface area contributed by atoms with Gasteiger partial charge in [0.2, 0.25) is 0 Å². The van der Waals surface area contributed by atoms with Gasteiger partial charge in [-0.2, -0.15) is 0 Å². The van der Waals surface area contributed by atoms with E-state index in [1.54, 1.807) is 6.92 Å². The van der Waals surface area contributed by atoms with Gasteiger partial charge >= 0.3 is 5.97 Å². The average molecular weight is 184 g/mol. The molecule has 0 aromatic rings. The quantitative estimate of drug-likeness (QED) is 0.726. The fraction of sp³-hybridized carbons (Fsp3) is 0.800. The Balaban J connectivity index is 2.59. The van der Waals surface area contributed by atoms with Crippen LogP contribution in [-0.2, 0) is 9.59 Å². The molecule has 0 spiro atoms. The van der Waals surface area contributed by atoms with Gasteiger partial charge in [-0.1, -0.05) is 13.8 Å². The van der Waals surface area contributed by atoms with Gasteiger partial charge in [-0.15, -0.1) is 0 Å². The van der Waals surface area contributed by atoms with Crippen LogP contribution in [0, 0.1) is 17.3 Å². The fourth-order valence-corrected chi connectivity index (χ4v) is 2.26. The van der Waals surface area contributed by atoms with Gasteiger partial charge in [0.1, 0.15) is 5.78 Å². The minimum absolute atomic E-state index is 0.0665. The van der Waals surface area contributed by atoms with Gasteiger partial charge in [-0.25, -0.2) is 0 Å². The van der Waals surface area contributed by atoms with Gasteiger partial charge in [-0.3, -0.25) is 9.59 Å². The molecule has 1 rings (SSSR count). The predicted octanol–water partition coefficient (Wildman–Crippen LogP) is 1.71. The van der Waals surface area contributed by atoms with Gasteiger partial charge < -0.3 is 5.11 Å². The number of carbonyl (C=O) groups excluding carboxylic acids is 1. The van der Waals surface area contributed by atoms with Crippen LogP contribution in [0.5, 0.6) is 0 Å². The van der Waals surface area contributed by atoms with Gasteiger partial charge in [0.05, 0.1) is 0 Å². The summed E-state index contributed by atoms with van der Waals surface area (Å²) in [6.07, 6.45) is 0.936. The average Bonchev–Trinajstić information content (AvgIpc) is 1.96. The smallest absolute Gasteiger partial charge is 0.303 e. The second-order valence-electron chi connectivity index (χ2n) is 4.52. The molecular formula is C10H16O3. The molecule has 1 saturated carbocycles. The van der Waals surface area contributed by atoms with E-state index in [0.29, 0.717) is 0 Å². The van der Waals surface area contributed by atoms with Crippen molar-refractivity contribution in [3.05, 3.63) is 0 Å². The van der Waals surface area contributed by atoms with Crippen molar-refractivity contribution in [2.75, 3.05) is 0 Å². The van der Waals surface area contributed by atoms with Crippen LogP contribution in [0.15, 0.2) is 0 Å². The molecule has 0 saturated heterocycles. The zero-order valence-corrected chi connectivity index (χ0v) is 8.33. The Morgan fingerprint density at radius 1 is 1.46 bits per heavy atom. The first-order chi connectivity index (χ1) is 5.85. The summed E-state index contributed by atoms with van der Waals surface area (Å²) in [4.78, 5) is 21.6. The summed E-state index contributed by atoms with van der Waals surface area (Å²) in [5.74, 6) is -0.345. The lowest BCUT2D eigenvalue weighted by molar-refractivity contribution is -0.149. The van der Waals surface area contributed by atoms with Crippen LogP contribution in [-0.4, -0.2) is 16.9 Å². The molecule has 2 atom stereocenters. The van der Waals surface area contributed by atoms with Crippen molar-refractivity contribution in [1.29, 1.82) is 0 Å². The molecule has 3 nitrogen and oxygen atoms in total. The van der Waals surface area contributed by atoms with Crippen LogP contribution in [0.4, 0.5) is 0 Å². The number of carboxylic acid groups (broad SMARTS) is 1. The third-order valence-electron chi connectivity index (χ3n) is 3.38. The molecule has 0 radical (unpaired) electrons. The molecule has 74 valence electrons. The summed E-state index contributed by atoms with van der Waals surface area (Å²) in [6.45, 7) is 5.55. The summed E-state index contributed by atoms with van der Waals surface area (Å²) >= 11 is 0. The first-order valence-electron chi connectivity index (χ1n) is 4.58. The first-order valence-corrected chi connectivity index (χ1v) is 4.58. The largest absolute Gasteiger partial charge is 0.481 e. The third kappa shape index (κ3) is 1.74. The number of aliphatic carboxylic acids is 1. The van der Waals surface area contributed by atoms with Crippen molar-refractivity contribution in [3.63, 3.8) is 0 Å². The minimum atomic E-state index is -0.764. The monoisotopic (exact) mass is 184 g/mol. The molecule has 1 aliphatic rings. The van der Waals surface area contributed by atoms with Crippen molar-refractivity contribution in [2.24, 2.45) is 17.3 Å². The Morgan fingerprint density at radius 3 is 2.31 bits per heavy atom. The molecule has 3 heteroatoms. The summed E-state index contributed by atoms with van der Waals surface area (Å²) in [5, 5.41) is 8.62. The molecule has 0 unspecified atom stereocenters. The highest BCUT2D eigenvalue weighted by Crippen LogP contribution is 2.53. The van der Waals surface area contributed by atoms with Crippen LogP contribution < -0.4 is 0 Å². The second-order valence-corrected chi connectivity index (χ2v) is 4.52. The second kappa shape index (κ2) is 3.13. The van der Waals surface area contributed by atoms with E-state index in [1.807, 2.05) is 13.8 Å². The normalized spacial score (nSPS) is 30.7. The van der Waals surface area contributed by atoms with Crippen molar-refractivity contribution >= 4 is 11.8 Å². The standard InChI is InChI=1S/C10H16O3/c1-6(11)8-4-7(5-9(12)13)10(8,2)3/h7-8H,4-5H2,1-3H3,(H,12,13)/t7-,8-/m0/s1. The fourth-order valence-electron chi connectivity index (χ4n) is 2.26. The topological polar surface area (TPSA) is 54.4 Å². The zero-order chi connectivity index (χ0) is 10.2. The van der Waals surface area contributed by atoms with E-state index in [1.165, 1.54) is 0 Å². The molecule has 1 aliphatic carbocycles. The van der Waals surface area contributed by atoms with Crippen molar-refractivity contribution < 1.29 is 14.7 Å².